The number of aryl methyl sites for hydroxylation is 2. The molecule has 222 valence electrons. The van der Waals surface area contributed by atoms with Gasteiger partial charge in [0.25, 0.3) is 0 Å². The fourth-order valence-electron chi connectivity index (χ4n) is 6.34. The molecule has 0 aliphatic carbocycles. The van der Waals surface area contributed by atoms with Crippen LogP contribution in [0.3, 0.4) is 0 Å². The first kappa shape index (κ1) is 29.8. The van der Waals surface area contributed by atoms with Crippen LogP contribution in [0.2, 0.25) is 0 Å². The van der Waals surface area contributed by atoms with E-state index in [1.807, 2.05) is 32.9 Å². The highest BCUT2D eigenvalue weighted by Crippen LogP contribution is 2.52. The number of aromatic carboxylic acids is 1. The number of rotatable bonds is 9. The van der Waals surface area contributed by atoms with E-state index in [2.05, 4.69) is 16.3 Å². The van der Waals surface area contributed by atoms with Crippen molar-refractivity contribution in [2.24, 2.45) is 11.8 Å². The van der Waals surface area contributed by atoms with E-state index >= 15 is 0 Å². The topological polar surface area (TPSA) is 147 Å². The molecule has 0 unspecified atom stereocenters. The van der Waals surface area contributed by atoms with Crippen LogP contribution in [0.15, 0.2) is 53.1 Å². The summed E-state index contributed by atoms with van der Waals surface area (Å²) in [5.74, 6) is -3.82. The van der Waals surface area contributed by atoms with Gasteiger partial charge in [-0.05, 0) is 62.1 Å². The van der Waals surface area contributed by atoms with E-state index < -0.39 is 36.0 Å². The standard InChI is InChI=1S/C31H35N3O7S/c1-15-8-9-19(10-16(15)2)13-33-14-22(12-23(33)28(36)32-21-7-5-6-20(11-21)30(38)39)42-27-17(3)25-24(18(4)35)29(37)34(25)26(27)31(40)41/h5-11,17-18,22-25,35H,12-14H2,1-4H3,(H,32,36)(H,38,39)(H,40,41)/t17-,18-,22+,23+,24-,25-/m1/s1. The van der Waals surface area contributed by atoms with Crippen molar-refractivity contribution in [1.29, 1.82) is 0 Å². The van der Waals surface area contributed by atoms with Gasteiger partial charge >= 0.3 is 11.9 Å². The monoisotopic (exact) mass is 593 g/mol. The second-order valence-electron chi connectivity index (χ2n) is 11.5. The molecule has 11 heteroatoms. The van der Waals surface area contributed by atoms with Crippen molar-refractivity contribution in [2.45, 2.75) is 64.1 Å². The normalized spacial score (nSPS) is 26.2. The quantitative estimate of drug-likeness (QED) is 0.321. The Kier molecular flexibility index (Phi) is 8.19. The Bertz CT molecular complexity index is 1490. The number of carbonyl (C=O) groups excluding carboxylic acids is 2. The maximum atomic E-state index is 13.6. The van der Waals surface area contributed by atoms with Crippen molar-refractivity contribution < 1.29 is 34.5 Å². The first-order valence-corrected chi connectivity index (χ1v) is 14.8. The van der Waals surface area contributed by atoms with Crippen molar-refractivity contribution in [3.05, 3.63) is 75.3 Å². The molecule has 10 nitrogen and oxygen atoms in total. The van der Waals surface area contributed by atoms with Crippen LogP contribution in [0.25, 0.3) is 0 Å². The Labute approximate surface area is 248 Å². The lowest BCUT2D eigenvalue weighted by molar-refractivity contribution is -0.163. The van der Waals surface area contributed by atoms with Crippen LogP contribution in [0.1, 0.15) is 47.3 Å². The Morgan fingerprint density at radius 2 is 1.81 bits per heavy atom. The summed E-state index contributed by atoms with van der Waals surface area (Å²) in [5, 5.41) is 32.3. The van der Waals surface area contributed by atoms with E-state index in [1.165, 1.54) is 34.4 Å². The summed E-state index contributed by atoms with van der Waals surface area (Å²) in [7, 11) is 0. The third kappa shape index (κ3) is 5.44. The Morgan fingerprint density at radius 3 is 2.45 bits per heavy atom. The summed E-state index contributed by atoms with van der Waals surface area (Å²) < 4.78 is 0. The minimum absolute atomic E-state index is 0.0292. The number of benzene rings is 2. The van der Waals surface area contributed by atoms with Crippen LogP contribution in [0.5, 0.6) is 0 Å². The Balaban J connectivity index is 1.40. The van der Waals surface area contributed by atoms with E-state index in [9.17, 15) is 34.5 Å². The first-order valence-electron chi connectivity index (χ1n) is 14.0. The average molecular weight is 594 g/mol. The molecule has 42 heavy (non-hydrogen) atoms. The van der Waals surface area contributed by atoms with Gasteiger partial charge < -0.3 is 25.5 Å². The van der Waals surface area contributed by atoms with Gasteiger partial charge in [0.1, 0.15) is 5.70 Å². The number of amides is 2. The number of hydrogen-bond donors (Lipinski definition) is 4. The van der Waals surface area contributed by atoms with Crippen LogP contribution < -0.4 is 5.32 Å². The molecular formula is C31H35N3O7S. The number of hydrogen-bond acceptors (Lipinski definition) is 7. The largest absolute Gasteiger partial charge is 0.478 e. The van der Waals surface area contributed by atoms with Gasteiger partial charge in [0.2, 0.25) is 11.8 Å². The van der Waals surface area contributed by atoms with Crippen molar-refractivity contribution >= 4 is 41.2 Å². The molecule has 0 bridgehead atoms. The molecule has 5 rings (SSSR count). The molecule has 0 radical (unpaired) electrons. The second-order valence-corrected chi connectivity index (χ2v) is 12.8. The molecule has 2 fully saturated rings. The minimum atomic E-state index is -1.18. The van der Waals surface area contributed by atoms with E-state index in [0.717, 1.165) is 11.1 Å². The average Bonchev–Trinajstić information content (AvgIpc) is 3.42. The number of nitrogens with one attached hydrogen (secondary N) is 1. The fraction of sp³-hybridized carbons (Fsp3) is 0.419. The van der Waals surface area contributed by atoms with Crippen molar-refractivity contribution in [1.82, 2.24) is 9.80 Å². The van der Waals surface area contributed by atoms with Gasteiger partial charge in [-0.15, -0.1) is 11.8 Å². The lowest BCUT2D eigenvalue weighted by Gasteiger charge is -2.46. The number of carboxylic acids is 2. The number of nitrogens with zero attached hydrogens (tertiary/aromatic N) is 2. The molecule has 0 spiro atoms. The number of thioether (sulfide) groups is 1. The van der Waals surface area contributed by atoms with Crippen LogP contribution in [-0.4, -0.2) is 78.9 Å². The number of likely N-dealkylation sites (tertiary alicyclic amines) is 1. The molecule has 2 amide bonds. The van der Waals surface area contributed by atoms with Crippen molar-refractivity contribution in [2.75, 3.05) is 11.9 Å². The lowest BCUT2D eigenvalue weighted by atomic mass is 9.79. The smallest absolute Gasteiger partial charge is 0.353 e. The predicted octanol–water partition coefficient (Wildman–Crippen LogP) is 3.47. The molecule has 6 atom stereocenters. The van der Waals surface area contributed by atoms with Crippen LogP contribution in [0.4, 0.5) is 5.69 Å². The molecule has 2 aromatic carbocycles. The number of aliphatic hydroxyl groups excluding tert-OH is 1. The maximum Gasteiger partial charge on any atom is 0.353 e. The highest BCUT2D eigenvalue weighted by Gasteiger charge is 2.60. The number of carboxylic acid groups (broad SMARTS) is 2. The van der Waals surface area contributed by atoms with Gasteiger partial charge in [-0.2, -0.15) is 0 Å². The van der Waals surface area contributed by atoms with Gasteiger partial charge in [-0.3, -0.25) is 14.5 Å². The highest BCUT2D eigenvalue weighted by molar-refractivity contribution is 8.03. The summed E-state index contributed by atoms with van der Waals surface area (Å²) in [6.07, 6.45) is -0.449. The SMILES string of the molecule is Cc1ccc(CN2C[C@@H](SC3=C(C(=O)O)N4C(=O)[C@H]([C@@H](C)O)[C@H]4[C@H]3C)C[C@H]2C(=O)Nc2cccc(C(=O)O)c2)cc1C. The van der Waals surface area contributed by atoms with Gasteiger partial charge in [0.15, 0.2) is 0 Å². The number of aliphatic hydroxyl groups is 1. The molecule has 3 aliphatic heterocycles. The highest BCUT2D eigenvalue weighted by atomic mass is 32.2. The van der Waals surface area contributed by atoms with Crippen molar-refractivity contribution in [3.8, 4) is 0 Å². The molecule has 3 aliphatic rings. The summed E-state index contributed by atoms with van der Waals surface area (Å²) in [4.78, 5) is 54.1. The van der Waals surface area contributed by atoms with E-state index in [1.54, 1.807) is 19.1 Å². The minimum Gasteiger partial charge on any atom is -0.478 e. The second kappa shape index (κ2) is 11.5. The summed E-state index contributed by atoms with van der Waals surface area (Å²) in [5.41, 5.74) is 3.77. The molecule has 0 saturated carbocycles. The number of aliphatic carboxylic acids is 1. The Morgan fingerprint density at radius 1 is 1.07 bits per heavy atom. The molecule has 2 saturated heterocycles. The van der Waals surface area contributed by atoms with Gasteiger partial charge in [-0.25, -0.2) is 9.59 Å². The zero-order chi connectivity index (χ0) is 30.5. The van der Waals surface area contributed by atoms with Crippen LogP contribution in [-0.2, 0) is 20.9 Å². The van der Waals surface area contributed by atoms with E-state index in [4.69, 9.17) is 0 Å². The molecule has 4 N–H and O–H groups in total. The van der Waals surface area contributed by atoms with Gasteiger partial charge in [0.05, 0.1) is 29.7 Å². The Hall–Kier alpha value is -3.67. The molecule has 0 aromatic heterocycles. The van der Waals surface area contributed by atoms with E-state index in [-0.39, 0.29) is 34.2 Å². The lowest BCUT2D eigenvalue weighted by Crippen LogP contribution is -2.63. The fourth-order valence-corrected chi connectivity index (χ4v) is 7.90. The predicted molar refractivity (Wildman–Crippen MR) is 158 cm³/mol. The third-order valence-electron chi connectivity index (χ3n) is 8.61. The van der Waals surface area contributed by atoms with Crippen LogP contribution >= 0.6 is 11.8 Å². The number of β-lactam (4-membered cyclic amide) rings is 1. The number of carbonyl (C=O) groups is 4. The summed E-state index contributed by atoms with van der Waals surface area (Å²) in [6.45, 7) is 8.52. The van der Waals surface area contributed by atoms with E-state index in [0.29, 0.717) is 30.1 Å². The number of fused-ring (bicyclic) bond motifs is 1. The zero-order valence-electron chi connectivity index (χ0n) is 23.9. The van der Waals surface area contributed by atoms with Gasteiger partial charge in [0, 0.05) is 34.8 Å². The molecule has 3 heterocycles. The number of anilines is 1. The van der Waals surface area contributed by atoms with Gasteiger partial charge in [-0.1, -0.05) is 31.2 Å². The first-order chi connectivity index (χ1) is 19.9. The third-order valence-corrected chi connectivity index (χ3v) is 10.1. The zero-order valence-corrected chi connectivity index (χ0v) is 24.7. The molecular weight excluding hydrogens is 558 g/mol. The van der Waals surface area contributed by atoms with Crippen LogP contribution in [0, 0.1) is 25.7 Å². The summed E-state index contributed by atoms with van der Waals surface area (Å²) in [6, 6.07) is 11.3. The van der Waals surface area contributed by atoms with Crippen molar-refractivity contribution in [3.63, 3.8) is 0 Å². The summed E-state index contributed by atoms with van der Waals surface area (Å²) >= 11 is 1.40. The maximum absolute atomic E-state index is 13.6. The molecule has 2 aromatic rings.